The Morgan fingerprint density at radius 2 is 2.00 bits per heavy atom. The van der Waals surface area contributed by atoms with Crippen LogP contribution in [0.2, 0.25) is 0 Å². The third-order valence-corrected chi connectivity index (χ3v) is 4.37. The molecule has 3 N–H and O–H groups in total. The minimum atomic E-state index is 0.122. The fraction of sp³-hybridized carbons (Fsp3) is 0.538. The summed E-state index contributed by atoms with van der Waals surface area (Å²) in [5, 5.41) is 3.67. The molecule has 2 rings (SSSR count). The fourth-order valence-corrected chi connectivity index (χ4v) is 3.42. The molecule has 0 aliphatic carbocycles. The van der Waals surface area contributed by atoms with Crippen LogP contribution in [-0.4, -0.2) is 23.6 Å². The molecule has 1 aliphatic rings. The molecule has 0 atom stereocenters. The molecule has 0 bridgehead atoms. The summed E-state index contributed by atoms with van der Waals surface area (Å²) in [5.74, 6) is 2.44. The number of nitrogens with one attached hydrogen (secondary N) is 1. The maximum Gasteiger partial charge on any atom is 0.0511 e. The van der Waals surface area contributed by atoms with Gasteiger partial charge in [0.15, 0.2) is 0 Å². The third-order valence-electron chi connectivity index (χ3n) is 3.39. The van der Waals surface area contributed by atoms with Crippen LogP contribution in [0.15, 0.2) is 24.3 Å². The van der Waals surface area contributed by atoms with Gasteiger partial charge in [0.1, 0.15) is 0 Å². The summed E-state index contributed by atoms with van der Waals surface area (Å²) >= 11 is 2.03. The lowest BCUT2D eigenvalue weighted by atomic mass is 9.91. The number of aryl methyl sites for hydroxylation is 1. The predicted molar refractivity (Wildman–Crippen MR) is 73.1 cm³/mol. The maximum absolute atomic E-state index is 5.96. The molecule has 0 unspecified atom stereocenters. The zero-order valence-corrected chi connectivity index (χ0v) is 10.6. The largest absolute Gasteiger partial charge is 0.378 e. The lowest BCUT2D eigenvalue weighted by Gasteiger charge is -2.38. The predicted octanol–water partition coefficient (Wildman–Crippen LogP) is 2.63. The molecule has 1 aliphatic heterocycles. The van der Waals surface area contributed by atoms with E-state index in [0.29, 0.717) is 0 Å². The molecule has 16 heavy (non-hydrogen) atoms. The Hall–Kier alpha value is -0.670. The summed E-state index contributed by atoms with van der Waals surface area (Å²) in [6.45, 7) is 2.87. The van der Waals surface area contributed by atoms with Crippen molar-refractivity contribution < 1.29 is 0 Å². The van der Waals surface area contributed by atoms with Crippen LogP contribution in [0.1, 0.15) is 18.4 Å². The molecule has 0 aromatic heterocycles. The maximum atomic E-state index is 5.96. The Morgan fingerprint density at radius 3 is 2.62 bits per heavy atom. The number of nitrogens with two attached hydrogens (primary N) is 1. The number of hydrogen-bond acceptors (Lipinski definition) is 3. The van der Waals surface area contributed by atoms with Crippen molar-refractivity contribution in [2.75, 3.05) is 23.4 Å². The Kier molecular flexibility index (Phi) is 3.77. The number of para-hydroxylation sites is 1. The van der Waals surface area contributed by atoms with Gasteiger partial charge in [-0.1, -0.05) is 18.2 Å². The molecule has 1 aromatic carbocycles. The molecule has 1 saturated heterocycles. The van der Waals surface area contributed by atoms with Gasteiger partial charge in [0, 0.05) is 12.2 Å². The van der Waals surface area contributed by atoms with Crippen LogP contribution in [0.3, 0.4) is 0 Å². The van der Waals surface area contributed by atoms with Crippen LogP contribution in [-0.2, 0) is 0 Å². The smallest absolute Gasteiger partial charge is 0.0511 e. The van der Waals surface area contributed by atoms with Crippen molar-refractivity contribution in [2.45, 2.75) is 25.3 Å². The highest BCUT2D eigenvalue weighted by molar-refractivity contribution is 7.99. The Bertz CT molecular complexity index is 346. The van der Waals surface area contributed by atoms with Crippen LogP contribution >= 0.6 is 11.8 Å². The summed E-state index contributed by atoms with van der Waals surface area (Å²) in [6, 6.07) is 8.45. The average Bonchev–Trinajstić information content (AvgIpc) is 2.33. The van der Waals surface area contributed by atoms with Gasteiger partial charge >= 0.3 is 0 Å². The topological polar surface area (TPSA) is 38.0 Å². The summed E-state index contributed by atoms with van der Waals surface area (Å²) < 4.78 is 0. The molecule has 0 saturated carbocycles. The zero-order valence-electron chi connectivity index (χ0n) is 9.83. The minimum Gasteiger partial charge on any atom is -0.378 e. The molecular formula is C13H20N2S. The van der Waals surface area contributed by atoms with Crippen molar-refractivity contribution in [1.29, 1.82) is 0 Å². The molecule has 0 spiro atoms. The molecule has 2 nitrogen and oxygen atoms in total. The Balaban J connectivity index is 2.15. The molecule has 88 valence electrons. The van der Waals surface area contributed by atoms with E-state index >= 15 is 0 Å². The summed E-state index contributed by atoms with van der Waals surface area (Å²) in [5.41, 5.74) is 8.62. The first kappa shape index (κ1) is 11.8. The highest BCUT2D eigenvalue weighted by Crippen LogP contribution is 2.30. The molecule has 0 amide bonds. The molecule has 0 radical (unpaired) electrons. The van der Waals surface area contributed by atoms with Gasteiger partial charge in [-0.25, -0.2) is 0 Å². The van der Waals surface area contributed by atoms with E-state index in [1.54, 1.807) is 0 Å². The van der Waals surface area contributed by atoms with E-state index in [2.05, 4.69) is 36.5 Å². The lowest BCUT2D eigenvalue weighted by Crippen LogP contribution is -2.48. The second kappa shape index (κ2) is 5.11. The Morgan fingerprint density at radius 1 is 1.31 bits per heavy atom. The molecule has 1 aromatic rings. The third kappa shape index (κ3) is 2.53. The van der Waals surface area contributed by atoms with E-state index in [4.69, 9.17) is 5.73 Å². The van der Waals surface area contributed by atoms with Crippen molar-refractivity contribution in [3.8, 4) is 0 Å². The number of rotatable bonds is 3. The van der Waals surface area contributed by atoms with Crippen LogP contribution in [0, 0.1) is 6.92 Å². The average molecular weight is 236 g/mol. The first-order valence-corrected chi connectivity index (χ1v) is 7.03. The van der Waals surface area contributed by atoms with Crippen molar-refractivity contribution in [3.05, 3.63) is 29.8 Å². The van der Waals surface area contributed by atoms with Crippen LogP contribution in [0.25, 0.3) is 0 Å². The second-order valence-electron chi connectivity index (χ2n) is 4.54. The second-order valence-corrected chi connectivity index (χ2v) is 5.76. The zero-order chi connectivity index (χ0) is 11.4. The van der Waals surface area contributed by atoms with Gasteiger partial charge < -0.3 is 11.1 Å². The van der Waals surface area contributed by atoms with Gasteiger partial charge in [-0.05, 0) is 42.9 Å². The highest BCUT2D eigenvalue weighted by Gasteiger charge is 2.30. The van der Waals surface area contributed by atoms with E-state index < -0.39 is 0 Å². The minimum absolute atomic E-state index is 0.122. The fourth-order valence-electron chi connectivity index (χ4n) is 2.14. The normalized spacial score (nSPS) is 19.4. The van der Waals surface area contributed by atoms with E-state index in [1.807, 2.05) is 11.8 Å². The standard InChI is InChI=1S/C13H20N2S/c1-11-4-2-3-5-12(11)15-13(10-14)6-8-16-9-7-13/h2-5,15H,6-10,14H2,1H3. The van der Waals surface area contributed by atoms with Crippen molar-refractivity contribution in [3.63, 3.8) is 0 Å². The van der Waals surface area contributed by atoms with Gasteiger partial charge in [-0.15, -0.1) is 0 Å². The lowest BCUT2D eigenvalue weighted by molar-refractivity contribution is 0.443. The Labute approximate surface area is 102 Å². The first-order chi connectivity index (χ1) is 7.76. The van der Waals surface area contributed by atoms with Crippen molar-refractivity contribution in [1.82, 2.24) is 0 Å². The van der Waals surface area contributed by atoms with Gasteiger partial charge in [0.05, 0.1) is 5.54 Å². The number of benzene rings is 1. The van der Waals surface area contributed by atoms with Crippen LogP contribution in [0.5, 0.6) is 0 Å². The number of anilines is 1. The van der Waals surface area contributed by atoms with Crippen LogP contribution in [0.4, 0.5) is 5.69 Å². The van der Waals surface area contributed by atoms with E-state index in [0.717, 1.165) is 6.54 Å². The number of thioether (sulfide) groups is 1. The van der Waals surface area contributed by atoms with Gasteiger partial charge in [0.25, 0.3) is 0 Å². The summed E-state index contributed by atoms with van der Waals surface area (Å²) in [4.78, 5) is 0. The van der Waals surface area contributed by atoms with E-state index in [-0.39, 0.29) is 5.54 Å². The molecule has 3 heteroatoms. The molecular weight excluding hydrogens is 216 g/mol. The SMILES string of the molecule is Cc1ccccc1NC1(CN)CCSCC1. The van der Waals surface area contributed by atoms with E-state index in [9.17, 15) is 0 Å². The molecule has 1 heterocycles. The van der Waals surface area contributed by atoms with Gasteiger partial charge in [-0.3, -0.25) is 0 Å². The quantitative estimate of drug-likeness (QED) is 0.847. The first-order valence-electron chi connectivity index (χ1n) is 5.87. The molecule has 1 fully saturated rings. The van der Waals surface area contributed by atoms with Crippen LogP contribution < -0.4 is 11.1 Å². The van der Waals surface area contributed by atoms with Crippen molar-refractivity contribution in [2.24, 2.45) is 5.73 Å². The van der Waals surface area contributed by atoms with Gasteiger partial charge in [0.2, 0.25) is 0 Å². The van der Waals surface area contributed by atoms with Gasteiger partial charge in [-0.2, -0.15) is 11.8 Å². The summed E-state index contributed by atoms with van der Waals surface area (Å²) in [7, 11) is 0. The van der Waals surface area contributed by atoms with E-state index in [1.165, 1.54) is 35.6 Å². The number of hydrogen-bond donors (Lipinski definition) is 2. The summed E-state index contributed by atoms with van der Waals surface area (Å²) in [6.07, 6.45) is 2.34. The van der Waals surface area contributed by atoms with Crippen molar-refractivity contribution >= 4 is 17.4 Å². The monoisotopic (exact) mass is 236 g/mol. The highest BCUT2D eigenvalue weighted by atomic mass is 32.2.